The number of nitrogens with zero attached hydrogens (tertiary/aromatic N) is 2. The number of carbonyl (C=O) groups excluding carboxylic acids is 1. The molecule has 0 bridgehead atoms. The van der Waals surface area contributed by atoms with Crippen LogP contribution in [0, 0.1) is 0 Å². The summed E-state index contributed by atoms with van der Waals surface area (Å²) in [5.41, 5.74) is 0.394. The zero-order chi connectivity index (χ0) is 14.0. The lowest BCUT2D eigenvalue weighted by Gasteiger charge is -2.05. The van der Waals surface area contributed by atoms with Crippen molar-refractivity contribution in [2.24, 2.45) is 0 Å². The summed E-state index contributed by atoms with van der Waals surface area (Å²) in [6.07, 6.45) is 1.51. The third-order valence-corrected chi connectivity index (χ3v) is 4.13. The summed E-state index contributed by atoms with van der Waals surface area (Å²) in [7, 11) is -2.80. The van der Waals surface area contributed by atoms with Gasteiger partial charge in [-0.05, 0) is 12.1 Å². The Morgan fingerprint density at radius 1 is 1.53 bits per heavy atom. The summed E-state index contributed by atoms with van der Waals surface area (Å²) in [5.74, 6) is -0.700. The highest BCUT2D eigenvalue weighted by Crippen LogP contribution is 2.22. The number of hydrogen-bond acceptors (Lipinski definition) is 5. The number of esters is 1. The monoisotopic (exact) mass is 303 g/mol. The van der Waals surface area contributed by atoms with Crippen molar-refractivity contribution in [3.05, 3.63) is 29.5 Å². The minimum Gasteiger partial charge on any atom is -0.468 e. The molecule has 19 heavy (non-hydrogen) atoms. The summed E-state index contributed by atoms with van der Waals surface area (Å²) < 4.78 is 31.9. The Hall–Kier alpha value is -1.64. The maximum Gasteiger partial charge on any atom is 0.320 e. The predicted molar refractivity (Wildman–Crippen MR) is 67.4 cm³/mol. The molecule has 0 radical (unpaired) electrons. The number of methoxy groups -OCH3 is 1. The molecule has 0 aliphatic carbocycles. The minimum absolute atomic E-state index is 0.163. The van der Waals surface area contributed by atoms with Gasteiger partial charge in [0.1, 0.15) is 12.2 Å². The SMILES string of the molecule is COC(=O)CNS(=O)(=O)c1c(Cl)nc2ccccn12. The quantitative estimate of drug-likeness (QED) is 0.828. The van der Waals surface area contributed by atoms with E-state index in [1.54, 1.807) is 18.2 Å². The summed E-state index contributed by atoms with van der Waals surface area (Å²) in [5, 5.41) is -0.378. The molecule has 2 heterocycles. The van der Waals surface area contributed by atoms with Crippen molar-refractivity contribution in [1.29, 1.82) is 0 Å². The van der Waals surface area contributed by atoms with Crippen LogP contribution in [0.5, 0.6) is 0 Å². The fraction of sp³-hybridized carbons (Fsp3) is 0.200. The van der Waals surface area contributed by atoms with E-state index in [1.807, 2.05) is 0 Å². The van der Waals surface area contributed by atoms with E-state index in [9.17, 15) is 13.2 Å². The fourth-order valence-electron chi connectivity index (χ4n) is 1.48. The van der Waals surface area contributed by atoms with Crippen molar-refractivity contribution in [3.8, 4) is 0 Å². The van der Waals surface area contributed by atoms with Crippen LogP contribution in [0.3, 0.4) is 0 Å². The third kappa shape index (κ3) is 2.70. The Morgan fingerprint density at radius 3 is 2.95 bits per heavy atom. The molecule has 0 saturated heterocycles. The van der Waals surface area contributed by atoms with Crippen LogP contribution in [0.15, 0.2) is 29.4 Å². The number of pyridine rings is 1. The van der Waals surface area contributed by atoms with Gasteiger partial charge in [0, 0.05) is 6.20 Å². The smallest absolute Gasteiger partial charge is 0.320 e. The highest BCUT2D eigenvalue weighted by Gasteiger charge is 2.24. The Labute approximate surface area is 114 Å². The molecular weight excluding hydrogens is 294 g/mol. The van der Waals surface area contributed by atoms with E-state index in [0.29, 0.717) is 5.65 Å². The molecule has 0 aromatic carbocycles. The van der Waals surface area contributed by atoms with Gasteiger partial charge < -0.3 is 4.74 Å². The number of fused-ring (bicyclic) bond motifs is 1. The number of ether oxygens (including phenoxy) is 1. The van der Waals surface area contributed by atoms with Crippen molar-refractivity contribution in [3.63, 3.8) is 0 Å². The van der Waals surface area contributed by atoms with Crippen molar-refractivity contribution in [1.82, 2.24) is 14.1 Å². The molecule has 7 nitrogen and oxygen atoms in total. The number of carbonyl (C=O) groups is 1. The van der Waals surface area contributed by atoms with E-state index in [4.69, 9.17) is 11.6 Å². The first-order valence-corrected chi connectivity index (χ1v) is 7.01. The predicted octanol–water partition coefficient (Wildman–Crippen LogP) is 0.439. The minimum atomic E-state index is -3.96. The largest absolute Gasteiger partial charge is 0.468 e. The number of halogens is 1. The van der Waals surface area contributed by atoms with E-state index in [1.165, 1.54) is 10.6 Å². The van der Waals surface area contributed by atoms with Crippen molar-refractivity contribution in [2.45, 2.75) is 5.03 Å². The van der Waals surface area contributed by atoms with Gasteiger partial charge in [0.25, 0.3) is 10.0 Å². The molecule has 1 N–H and O–H groups in total. The van der Waals surface area contributed by atoms with Gasteiger partial charge in [-0.15, -0.1) is 0 Å². The summed E-state index contributed by atoms with van der Waals surface area (Å²) in [4.78, 5) is 14.9. The van der Waals surface area contributed by atoms with Crippen LogP contribution in [0.2, 0.25) is 5.15 Å². The van der Waals surface area contributed by atoms with Crippen LogP contribution >= 0.6 is 11.6 Å². The fourth-order valence-corrected chi connectivity index (χ4v) is 3.09. The highest BCUT2D eigenvalue weighted by atomic mass is 35.5. The highest BCUT2D eigenvalue weighted by molar-refractivity contribution is 7.89. The van der Waals surface area contributed by atoms with Gasteiger partial charge in [-0.3, -0.25) is 9.20 Å². The normalized spacial score (nSPS) is 11.7. The van der Waals surface area contributed by atoms with Crippen LogP contribution < -0.4 is 4.72 Å². The van der Waals surface area contributed by atoms with Gasteiger partial charge >= 0.3 is 5.97 Å². The number of aromatic nitrogens is 2. The zero-order valence-corrected chi connectivity index (χ0v) is 11.4. The van der Waals surface area contributed by atoms with Gasteiger partial charge in [0.2, 0.25) is 0 Å². The van der Waals surface area contributed by atoms with Gasteiger partial charge in [0.15, 0.2) is 10.2 Å². The number of imidazole rings is 1. The van der Waals surface area contributed by atoms with Gasteiger partial charge in [-0.1, -0.05) is 17.7 Å². The first kappa shape index (κ1) is 13.8. The van der Waals surface area contributed by atoms with Crippen LogP contribution in [0.4, 0.5) is 0 Å². The van der Waals surface area contributed by atoms with E-state index in [-0.39, 0.29) is 10.2 Å². The lowest BCUT2D eigenvalue weighted by molar-refractivity contribution is -0.139. The van der Waals surface area contributed by atoms with Crippen LogP contribution in [0.1, 0.15) is 0 Å². The maximum absolute atomic E-state index is 12.1. The molecule has 0 amide bonds. The number of sulfonamides is 1. The first-order valence-electron chi connectivity index (χ1n) is 5.15. The molecule has 0 unspecified atom stereocenters. The van der Waals surface area contributed by atoms with Crippen LogP contribution in [0.25, 0.3) is 5.65 Å². The summed E-state index contributed by atoms with van der Waals surface area (Å²) in [6, 6.07) is 4.96. The molecule has 102 valence electrons. The number of nitrogens with one attached hydrogen (secondary N) is 1. The van der Waals surface area contributed by atoms with Crippen molar-refractivity contribution < 1.29 is 17.9 Å². The average Bonchev–Trinajstić information content (AvgIpc) is 2.72. The third-order valence-electron chi connectivity index (χ3n) is 2.34. The molecule has 2 aromatic rings. The molecule has 2 aromatic heterocycles. The molecule has 0 fully saturated rings. The average molecular weight is 304 g/mol. The van der Waals surface area contributed by atoms with Gasteiger partial charge in [-0.2, -0.15) is 4.72 Å². The van der Waals surface area contributed by atoms with Gasteiger partial charge in [-0.25, -0.2) is 13.4 Å². The second kappa shape index (κ2) is 5.16. The van der Waals surface area contributed by atoms with E-state index < -0.39 is 22.5 Å². The van der Waals surface area contributed by atoms with E-state index >= 15 is 0 Å². The first-order chi connectivity index (χ1) is 8.95. The molecule has 0 saturated carbocycles. The Bertz CT molecular complexity index is 725. The van der Waals surface area contributed by atoms with Gasteiger partial charge in [0.05, 0.1) is 7.11 Å². The summed E-state index contributed by atoms with van der Waals surface area (Å²) >= 11 is 5.83. The van der Waals surface area contributed by atoms with Crippen molar-refractivity contribution in [2.75, 3.05) is 13.7 Å². The van der Waals surface area contributed by atoms with E-state index in [2.05, 4.69) is 14.4 Å². The molecule has 0 aliphatic rings. The Balaban J connectivity index is 2.43. The second-order valence-electron chi connectivity index (χ2n) is 3.54. The second-order valence-corrected chi connectivity index (χ2v) is 5.58. The molecule has 9 heteroatoms. The molecule has 2 rings (SSSR count). The standard InChI is InChI=1S/C10H10ClN3O4S/c1-18-8(15)6-12-19(16,17)10-9(11)13-7-4-2-3-5-14(7)10/h2-5,12H,6H2,1H3. The molecular formula is C10H10ClN3O4S. The topological polar surface area (TPSA) is 89.8 Å². The molecule has 0 atom stereocenters. The Morgan fingerprint density at radius 2 is 2.26 bits per heavy atom. The number of rotatable bonds is 4. The zero-order valence-electron chi connectivity index (χ0n) is 9.83. The lowest BCUT2D eigenvalue weighted by Crippen LogP contribution is -2.31. The van der Waals surface area contributed by atoms with Crippen molar-refractivity contribution >= 4 is 33.2 Å². The van der Waals surface area contributed by atoms with Crippen LogP contribution in [-0.4, -0.2) is 37.4 Å². The summed E-state index contributed by atoms with van der Waals surface area (Å²) in [6.45, 7) is -0.477. The number of hydrogen-bond donors (Lipinski definition) is 1. The lowest BCUT2D eigenvalue weighted by atomic mass is 10.5. The molecule has 0 spiro atoms. The van der Waals surface area contributed by atoms with Crippen LogP contribution in [-0.2, 0) is 19.6 Å². The van der Waals surface area contributed by atoms with E-state index in [0.717, 1.165) is 7.11 Å². The Kier molecular flexibility index (Phi) is 3.74. The maximum atomic E-state index is 12.1. The molecule has 0 aliphatic heterocycles.